The first-order valence-corrected chi connectivity index (χ1v) is 11.7. The van der Waals surface area contributed by atoms with Crippen LogP contribution >= 0.6 is 11.8 Å². The molecule has 1 fully saturated rings. The third-order valence-corrected chi connectivity index (χ3v) is 6.59. The molecule has 2 aliphatic heterocycles. The monoisotopic (exact) mass is 464 g/mol. The Kier molecular flexibility index (Phi) is 4.83. The van der Waals surface area contributed by atoms with Gasteiger partial charge in [-0.05, 0) is 24.3 Å². The zero-order valence-electron chi connectivity index (χ0n) is 17.6. The lowest BCUT2D eigenvalue weighted by Gasteiger charge is -2.27. The van der Waals surface area contributed by atoms with Gasteiger partial charge in [0.05, 0.1) is 11.0 Å². The van der Waals surface area contributed by atoms with Crippen LogP contribution < -0.4 is 25.4 Å². The van der Waals surface area contributed by atoms with Crippen LogP contribution in [0.3, 0.4) is 0 Å². The van der Waals surface area contributed by atoms with E-state index >= 15 is 0 Å². The third kappa shape index (κ3) is 3.54. The van der Waals surface area contributed by atoms with E-state index in [-0.39, 0.29) is 24.9 Å². The number of thioether (sulfide) groups is 1. The first-order chi connectivity index (χ1) is 16.2. The number of benzene rings is 2. The maximum absolute atomic E-state index is 13.3. The van der Waals surface area contributed by atoms with Crippen LogP contribution in [0.5, 0.6) is 11.5 Å². The fourth-order valence-corrected chi connectivity index (χ4v) is 4.99. The zero-order chi connectivity index (χ0) is 22.4. The first kappa shape index (κ1) is 19.9. The lowest BCUT2D eigenvalue weighted by Crippen LogP contribution is -2.33. The molecule has 0 saturated carbocycles. The first-order valence-electron chi connectivity index (χ1n) is 10.6. The van der Waals surface area contributed by atoms with Gasteiger partial charge in [-0.1, -0.05) is 12.1 Å². The molecule has 4 aromatic rings. The molecular weight excluding hydrogens is 444 g/mol. The predicted octanol–water partition coefficient (Wildman–Crippen LogP) is 1.96. The zero-order valence-corrected chi connectivity index (χ0v) is 18.4. The van der Waals surface area contributed by atoms with Gasteiger partial charge in [-0.3, -0.25) is 4.79 Å². The summed E-state index contributed by atoms with van der Waals surface area (Å²) in [6.45, 7) is 1.59. The van der Waals surface area contributed by atoms with Crippen LogP contribution in [-0.2, 0) is 11.3 Å². The van der Waals surface area contributed by atoms with E-state index in [9.17, 15) is 9.59 Å². The maximum Gasteiger partial charge on any atom is 0.351 e. The van der Waals surface area contributed by atoms with Crippen molar-refractivity contribution in [2.45, 2.75) is 6.54 Å². The Morgan fingerprint density at radius 2 is 1.91 bits per heavy atom. The van der Waals surface area contributed by atoms with Crippen LogP contribution in [0.25, 0.3) is 16.7 Å². The number of hydrogen-bond acceptors (Lipinski definition) is 8. The number of fused-ring (bicyclic) bond motifs is 4. The Morgan fingerprint density at radius 1 is 1.09 bits per heavy atom. The van der Waals surface area contributed by atoms with Crippen LogP contribution in [0.2, 0.25) is 0 Å². The quantitative estimate of drug-likeness (QED) is 0.489. The van der Waals surface area contributed by atoms with Gasteiger partial charge in [0, 0.05) is 36.3 Å². The van der Waals surface area contributed by atoms with Crippen molar-refractivity contribution in [3.05, 3.63) is 52.9 Å². The van der Waals surface area contributed by atoms with Crippen LogP contribution in [0, 0.1) is 0 Å². The number of aromatic nitrogens is 4. The second kappa shape index (κ2) is 8.00. The smallest absolute Gasteiger partial charge is 0.351 e. The van der Waals surface area contributed by atoms with E-state index < -0.39 is 0 Å². The molecule has 2 aromatic carbocycles. The standard InChI is InChI=1S/C22H20N6O4S/c29-19(23-14-5-6-17-18(11-14)32-13-31-17)12-27-22(30)28-16-4-2-1-3-15(16)24-20(21(28)25-27)26-7-9-33-10-8-26/h1-6,11H,7-10,12-13H2,(H,23,29). The molecule has 0 atom stereocenters. The van der Waals surface area contributed by atoms with Crippen LogP contribution in [0.4, 0.5) is 11.5 Å². The van der Waals surface area contributed by atoms with E-state index in [1.165, 1.54) is 4.68 Å². The highest BCUT2D eigenvalue weighted by molar-refractivity contribution is 7.99. The predicted molar refractivity (Wildman–Crippen MR) is 125 cm³/mol. The lowest BCUT2D eigenvalue weighted by atomic mass is 10.3. The Balaban J connectivity index is 1.36. The van der Waals surface area contributed by atoms with Gasteiger partial charge < -0.3 is 19.7 Å². The summed E-state index contributed by atoms with van der Waals surface area (Å²) >= 11 is 1.89. The van der Waals surface area contributed by atoms with Crippen molar-refractivity contribution >= 4 is 45.9 Å². The second-order valence-electron chi connectivity index (χ2n) is 7.74. The fraction of sp³-hybridized carbons (Fsp3) is 0.273. The van der Waals surface area contributed by atoms with Gasteiger partial charge in [-0.25, -0.2) is 18.9 Å². The summed E-state index contributed by atoms with van der Waals surface area (Å²) in [7, 11) is 0. The molecule has 0 unspecified atom stereocenters. The van der Waals surface area contributed by atoms with Crippen molar-refractivity contribution < 1.29 is 14.3 Å². The average molecular weight is 465 g/mol. The molecule has 2 aliphatic rings. The summed E-state index contributed by atoms with van der Waals surface area (Å²) in [4.78, 5) is 33.0. The van der Waals surface area contributed by atoms with E-state index in [0.717, 1.165) is 24.6 Å². The number of para-hydroxylation sites is 2. The summed E-state index contributed by atoms with van der Waals surface area (Å²) in [6.07, 6.45) is 0. The van der Waals surface area contributed by atoms with Gasteiger partial charge in [0.2, 0.25) is 18.3 Å². The molecule has 4 heterocycles. The van der Waals surface area contributed by atoms with Crippen LogP contribution in [0.1, 0.15) is 0 Å². The highest BCUT2D eigenvalue weighted by Crippen LogP contribution is 2.34. The normalized spacial score (nSPS) is 15.3. The van der Waals surface area contributed by atoms with Crippen LogP contribution in [-0.4, -0.2) is 56.5 Å². The lowest BCUT2D eigenvalue weighted by molar-refractivity contribution is -0.117. The Morgan fingerprint density at radius 3 is 2.79 bits per heavy atom. The molecule has 0 bridgehead atoms. The average Bonchev–Trinajstić information content (AvgIpc) is 3.43. The number of hydrogen-bond donors (Lipinski definition) is 1. The molecule has 1 N–H and O–H groups in total. The molecule has 1 amide bonds. The van der Waals surface area contributed by atoms with Crippen molar-refractivity contribution in [3.8, 4) is 11.5 Å². The van der Waals surface area contributed by atoms with Gasteiger partial charge in [-0.15, -0.1) is 5.10 Å². The summed E-state index contributed by atoms with van der Waals surface area (Å²) < 4.78 is 13.4. The molecule has 33 heavy (non-hydrogen) atoms. The van der Waals surface area contributed by atoms with Gasteiger partial charge in [0.15, 0.2) is 17.3 Å². The summed E-state index contributed by atoms with van der Waals surface area (Å²) in [5.74, 6) is 3.48. The molecule has 0 aliphatic carbocycles. The number of nitrogens with zero attached hydrogens (tertiary/aromatic N) is 5. The van der Waals surface area contributed by atoms with Crippen LogP contribution in [0.15, 0.2) is 47.3 Å². The Bertz CT molecular complexity index is 1440. The Hall–Kier alpha value is -3.73. The van der Waals surface area contributed by atoms with Gasteiger partial charge >= 0.3 is 5.69 Å². The maximum atomic E-state index is 13.3. The van der Waals surface area contributed by atoms with Crippen molar-refractivity contribution in [3.63, 3.8) is 0 Å². The molecule has 11 heteroatoms. The summed E-state index contributed by atoms with van der Waals surface area (Å²) in [6, 6.07) is 12.6. The van der Waals surface area contributed by atoms with E-state index in [0.29, 0.717) is 39.7 Å². The molecule has 6 rings (SSSR count). The SMILES string of the molecule is O=C(Cn1nc2c(N3CCSCC3)nc3ccccc3n2c1=O)Nc1ccc2c(c1)OCO2. The van der Waals surface area contributed by atoms with Gasteiger partial charge in [0.1, 0.15) is 6.54 Å². The molecule has 1 saturated heterocycles. The molecule has 0 spiro atoms. The minimum atomic E-state index is -0.378. The number of carbonyl (C=O) groups excluding carboxylic acids is 1. The number of nitrogens with one attached hydrogen (secondary N) is 1. The van der Waals surface area contributed by atoms with Crippen molar-refractivity contribution in [2.75, 3.05) is 41.6 Å². The number of amides is 1. The van der Waals surface area contributed by atoms with E-state index in [2.05, 4.69) is 15.3 Å². The van der Waals surface area contributed by atoms with E-state index in [4.69, 9.17) is 14.5 Å². The fourth-order valence-electron chi connectivity index (χ4n) is 4.08. The van der Waals surface area contributed by atoms with Crippen molar-refractivity contribution in [1.29, 1.82) is 0 Å². The van der Waals surface area contributed by atoms with Gasteiger partial charge in [0.25, 0.3) is 0 Å². The highest BCUT2D eigenvalue weighted by atomic mass is 32.2. The second-order valence-corrected chi connectivity index (χ2v) is 8.96. The number of anilines is 2. The molecular formula is C22H20N6O4S. The van der Waals surface area contributed by atoms with Crippen molar-refractivity contribution in [1.82, 2.24) is 19.2 Å². The minimum Gasteiger partial charge on any atom is -0.454 e. The van der Waals surface area contributed by atoms with Gasteiger partial charge in [-0.2, -0.15) is 11.8 Å². The van der Waals surface area contributed by atoms with E-state index in [1.54, 1.807) is 22.6 Å². The Labute approximate surface area is 192 Å². The summed E-state index contributed by atoms with van der Waals surface area (Å²) in [5.41, 5.74) is 2.01. The minimum absolute atomic E-state index is 0.156. The molecule has 0 radical (unpaired) electrons. The number of ether oxygens (including phenoxy) is 2. The number of rotatable bonds is 4. The molecule has 168 valence electrons. The third-order valence-electron chi connectivity index (χ3n) is 5.65. The largest absolute Gasteiger partial charge is 0.454 e. The molecule has 10 nitrogen and oxygen atoms in total. The molecule has 2 aromatic heterocycles. The van der Waals surface area contributed by atoms with E-state index in [1.807, 2.05) is 36.0 Å². The topological polar surface area (TPSA) is 103 Å². The highest BCUT2D eigenvalue weighted by Gasteiger charge is 2.22. The number of carbonyl (C=O) groups is 1. The summed E-state index contributed by atoms with van der Waals surface area (Å²) in [5, 5.41) is 7.32. The van der Waals surface area contributed by atoms with Crippen molar-refractivity contribution in [2.24, 2.45) is 0 Å².